The van der Waals surface area contributed by atoms with Crippen LogP contribution in [0.25, 0.3) is 0 Å². The fourth-order valence-corrected chi connectivity index (χ4v) is 6.46. The normalized spacial score (nSPS) is 25.8. The first kappa shape index (κ1) is 27.2. The van der Waals surface area contributed by atoms with Crippen LogP contribution in [0.4, 0.5) is 28.0 Å². The van der Waals surface area contributed by atoms with Crippen LogP contribution in [0.2, 0.25) is 0 Å². The summed E-state index contributed by atoms with van der Waals surface area (Å²) in [5.41, 5.74) is 0.725. The fourth-order valence-electron chi connectivity index (χ4n) is 6.46. The summed E-state index contributed by atoms with van der Waals surface area (Å²) in [4.78, 5) is 29.3. The fraction of sp³-hybridized carbons (Fsp3) is 0.500. The molecule has 11 heteroatoms. The Labute approximate surface area is 224 Å². The Hall–Kier alpha value is -3.34. The number of carbonyl (C=O) groups excluding carboxylic acids is 2. The van der Waals surface area contributed by atoms with Gasteiger partial charge in [-0.2, -0.15) is 8.78 Å². The van der Waals surface area contributed by atoms with E-state index in [1.807, 2.05) is 4.90 Å². The second-order valence-electron chi connectivity index (χ2n) is 12.0. The van der Waals surface area contributed by atoms with Crippen molar-refractivity contribution in [1.29, 1.82) is 0 Å². The van der Waals surface area contributed by atoms with Crippen molar-refractivity contribution in [3.63, 3.8) is 0 Å². The third-order valence-corrected chi connectivity index (χ3v) is 7.66. The summed E-state index contributed by atoms with van der Waals surface area (Å²) in [5, 5.41) is 2.46. The molecule has 1 aliphatic carbocycles. The number of hydrogen-bond donors (Lipinski definition) is 1. The van der Waals surface area contributed by atoms with Gasteiger partial charge in [0.2, 0.25) is 0 Å². The number of amides is 3. The number of alkyl halides is 4. The number of fused-ring (bicyclic) bond motifs is 3. The quantitative estimate of drug-likeness (QED) is 0.448. The van der Waals surface area contributed by atoms with Crippen LogP contribution < -0.4 is 10.1 Å². The predicted octanol–water partition coefficient (Wildman–Crippen LogP) is 6.40. The van der Waals surface area contributed by atoms with E-state index in [2.05, 4.69) is 35.6 Å². The van der Waals surface area contributed by atoms with E-state index in [-0.39, 0.29) is 35.0 Å². The van der Waals surface area contributed by atoms with Crippen LogP contribution in [0, 0.1) is 10.8 Å². The lowest BCUT2D eigenvalue weighted by molar-refractivity contribution is -0.461. The van der Waals surface area contributed by atoms with Gasteiger partial charge in [0.1, 0.15) is 5.75 Å². The first-order valence-corrected chi connectivity index (χ1v) is 12.8. The van der Waals surface area contributed by atoms with Gasteiger partial charge < -0.3 is 19.9 Å². The number of benzene rings is 2. The van der Waals surface area contributed by atoms with E-state index in [9.17, 15) is 27.2 Å². The first-order valence-electron chi connectivity index (χ1n) is 12.8. The molecular weight excluding hydrogens is 518 g/mol. The van der Waals surface area contributed by atoms with Gasteiger partial charge >= 0.3 is 18.4 Å². The summed E-state index contributed by atoms with van der Waals surface area (Å²) >= 11 is 0. The highest BCUT2D eigenvalue weighted by Crippen LogP contribution is 2.52. The number of carbonyl (C=O) groups is 2. The molecule has 5 rings (SSSR count). The Bertz CT molecular complexity index is 1300. The average Bonchev–Trinajstić information content (AvgIpc) is 3.06. The van der Waals surface area contributed by atoms with Crippen LogP contribution in [-0.4, -0.2) is 47.7 Å². The van der Waals surface area contributed by atoms with E-state index in [0.717, 1.165) is 43.5 Å². The summed E-state index contributed by atoms with van der Waals surface area (Å²) < 4.78 is 62.1. The molecule has 1 saturated carbocycles. The predicted molar refractivity (Wildman–Crippen MR) is 134 cm³/mol. The zero-order valence-corrected chi connectivity index (χ0v) is 22.2. The number of likely N-dealkylation sites (tertiary alicyclic amines) is 1. The van der Waals surface area contributed by atoms with E-state index in [0.29, 0.717) is 5.56 Å². The number of ether oxygens (including phenoxy) is 2. The van der Waals surface area contributed by atoms with Gasteiger partial charge in [0.05, 0.1) is 5.56 Å². The van der Waals surface area contributed by atoms with Gasteiger partial charge in [-0.25, -0.2) is 9.53 Å². The summed E-state index contributed by atoms with van der Waals surface area (Å²) in [5.74, 6) is -0.735. The number of hydrogen-bond acceptors (Lipinski definition) is 4. The Morgan fingerprint density at radius 1 is 1.05 bits per heavy atom. The van der Waals surface area contributed by atoms with Crippen molar-refractivity contribution in [3.05, 3.63) is 59.2 Å². The lowest BCUT2D eigenvalue weighted by Crippen LogP contribution is -2.41. The topological polar surface area (TPSA) is 71.1 Å². The van der Waals surface area contributed by atoms with Crippen molar-refractivity contribution in [2.24, 2.45) is 10.8 Å². The van der Waals surface area contributed by atoms with Crippen molar-refractivity contribution in [2.75, 3.05) is 18.9 Å². The minimum atomic E-state index is -4.47. The molecule has 3 amide bonds. The van der Waals surface area contributed by atoms with Gasteiger partial charge in [-0.15, -0.1) is 8.78 Å². The average molecular weight is 550 g/mol. The van der Waals surface area contributed by atoms with Gasteiger partial charge in [0.15, 0.2) is 0 Å². The largest absolute Gasteiger partial charge is 0.540 e. The molecule has 2 atom stereocenters. The Kier molecular flexibility index (Phi) is 6.36. The van der Waals surface area contributed by atoms with Crippen molar-refractivity contribution in [3.8, 4) is 5.75 Å². The summed E-state index contributed by atoms with van der Waals surface area (Å²) in [6, 6.07) is 9.60. The molecule has 0 aromatic heterocycles. The smallest absolute Gasteiger partial charge is 0.409 e. The third kappa shape index (κ3) is 5.54. The molecule has 3 aliphatic rings. The molecule has 2 heterocycles. The molecule has 0 spiro atoms. The standard InChI is InChI=1S/C28H31F4N3O4/c1-25(2)12-20-13-26(3,15-25)16-35(20)23(36)18-7-5-17(6-8-18)14-34(4)24(37)33-19-9-10-22-21(11-19)27(29,30)39-28(31,32)38-22/h5-11,20H,12-16H2,1-4H3,(H,33,37). The lowest BCUT2D eigenvalue weighted by Gasteiger charge is -2.39. The molecule has 1 N–H and O–H groups in total. The second kappa shape index (κ2) is 9.11. The SMILES string of the molecule is CN(Cc1ccc(C(=O)N2CC3(C)CC2CC(C)(C)C3)cc1)C(=O)Nc1ccc2c(c1)C(F)(F)OC(F)(F)O2. The molecule has 2 aromatic rings. The third-order valence-electron chi connectivity index (χ3n) is 7.66. The number of rotatable bonds is 4. The molecule has 2 bridgehead atoms. The van der Waals surface area contributed by atoms with Crippen molar-refractivity contribution in [1.82, 2.24) is 9.80 Å². The molecule has 0 radical (unpaired) electrons. The summed E-state index contributed by atoms with van der Waals surface area (Å²) in [7, 11) is 1.51. The van der Waals surface area contributed by atoms with E-state index >= 15 is 0 Å². The maximum absolute atomic E-state index is 14.0. The first-order chi connectivity index (χ1) is 18.0. The minimum Gasteiger partial charge on any atom is -0.409 e. The number of nitrogens with one attached hydrogen (secondary N) is 1. The highest BCUT2D eigenvalue weighted by atomic mass is 19.3. The van der Waals surface area contributed by atoms with E-state index in [4.69, 9.17) is 0 Å². The molecule has 1 saturated heterocycles. The highest BCUT2D eigenvalue weighted by molar-refractivity contribution is 5.95. The van der Waals surface area contributed by atoms with E-state index in [1.54, 1.807) is 24.3 Å². The van der Waals surface area contributed by atoms with E-state index in [1.165, 1.54) is 18.0 Å². The van der Waals surface area contributed by atoms with Crippen LogP contribution >= 0.6 is 0 Å². The molecule has 2 fully saturated rings. The molecule has 39 heavy (non-hydrogen) atoms. The van der Waals surface area contributed by atoms with Gasteiger partial charge in [-0.05, 0) is 66.0 Å². The lowest BCUT2D eigenvalue weighted by atomic mass is 9.65. The van der Waals surface area contributed by atoms with Crippen LogP contribution in [0.15, 0.2) is 42.5 Å². The number of halogens is 4. The number of urea groups is 1. The second-order valence-corrected chi connectivity index (χ2v) is 12.0. The van der Waals surface area contributed by atoms with Gasteiger partial charge in [0, 0.05) is 37.4 Å². The zero-order chi connectivity index (χ0) is 28.4. The van der Waals surface area contributed by atoms with Crippen LogP contribution in [0.1, 0.15) is 61.5 Å². The molecule has 210 valence electrons. The molecule has 7 nitrogen and oxygen atoms in total. The highest BCUT2D eigenvalue weighted by Gasteiger charge is 2.54. The number of anilines is 1. The van der Waals surface area contributed by atoms with Gasteiger partial charge in [0.25, 0.3) is 5.91 Å². The minimum absolute atomic E-state index is 0.00834. The zero-order valence-electron chi connectivity index (χ0n) is 22.2. The molecule has 2 aromatic carbocycles. The Morgan fingerprint density at radius 2 is 1.74 bits per heavy atom. The van der Waals surface area contributed by atoms with Gasteiger partial charge in [-0.1, -0.05) is 32.9 Å². The van der Waals surface area contributed by atoms with Crippen LogP contribution in [0.5, 0.6) is 5.75 Å². The van der Waals surface area contributed by atoms with Gasteiger partial charge in [-0.3, -0.25) is 4.79 Å². The van der Waals surface area contributed by atoms with Crippen molar-refractivity contribution < 1.29 is 36.6 Å². The Morgan fingerprint density at radius 3 is 2.44 bits per heavy atom. The van der Waals surface area contributed by atoms with Crippen LogP contribution in [-0.2, 0) is 17.4 Å². The molecule has 2 unspecified atom stereocenters. The van der Waals surface area contributed by atoms with Crippen LogP contribution in [0.3, 0.4) is 0 Å². The number of nitrogens with zero attached hydrogens (tertiary/aromatic N) is 2. The van der Waals surface area contributed by atoms with Crippen molar-refractivity contribution in [2.45, 2.75) is 65.0 Å². The maximum atomic E-state index is 14.0. The molecular formula is C28H31F4N3O4. The molecule has 2 aliphatic heterocycles. The monoisotopic (exact) mass is 549 g/mol. The van der Waals surface area contributed by atoms with Crippen molar-refractivity contribution >= 4 is 17.6 Å². The maximum Gasteiger partial charge on any atom is 0.540 e. The summed E-state index contributed by atoms with van der Waals surface area (Å²) in [6.45, 7) is 7.71. The Balaban J connectivity index is 1.21. The summed E-state index contributed by atoms with van der Waals surface area (Å²) in [6.07, 6.45) is -5.66. The van der Waals surface area contributed by atoms with E-state index < -0.39 is 29.7 Å².